The molecule has 34 heavy (non-hydrogen) atoms. The van der Waals surface area contributed by atoms with Crippen molar-refractivity contribution in [3.63, 3.8) is 0 Å². The van der Waals surface area contributed by atoms with Gasteiger partial charge in [-0.05, 0) is 67.1 Å². The van der Waals surface area contributed by atoms with Gasteiger partial charge in [-0.25, -0.2) is 8.42 Å². The molecule has 0 aliphatic carbocycles. The molecule has 182 valence electrons. The predicted molar refractivity (Wildman–Crippen MR) is 138 cm³/mol. The maximum atomic E-state index is 12.9. The van der Waals surface area contributed by atoms with Crippen molar-refractivity contribution in [3.8, 4) is 0 Å². The van der Waals surface area contributed by atoms with Crippen LogP contribution in [-0.2, 0) is 21.2 Å². The van der Waals surface area contributed by atoms with Crippen molar-refractivity contribution < 1.29 is 13.2 Å². The van der Waals surface area contributed by atoms with Crippen molar-refractivity contribution in [2.75, 3.05) is 25.9 Å². The highest BCUT2D eigenvalue weighted by Gasteiger charge is 2.25. The summed E-state index contributed by atoms with van der Waals surface area (Å²) in [6, 6.07) is 10.4. The number of carbonyl (C=O) groups excluding carboxylic acids is 1. The van der Waals surface area contributed by atoms with E-state index in [0.29, 0.717) is 24.0 Å². The summed E-state index contributed by atoms with van der Waals surface area (Å²) in [7, 11) is -1.72. The molecule has 1 aliphatic heterocycles. The number of thiazole rings is 1. The first-order valence-electron chi connectivity index (χ1n) is 11.5. The molecule has 1 aromatic heterocycles. The molecule has 1 amide bonds. The van der Waals surface area contributed by atoms with Crippen LogP contribution >= 0.6 is 22.9 Å². The second kappa shape index (κ2) is 10.6. The molecule has 3 aromatic rings. The number of hydrogen-bond acceptors (Lipinski definition) is 5. The van der Waals surface area contributed by atoms with Crippen molar-refractivity contribution in [2.24, 2.45) is 10.9 Å². The number of sulfone groups is 1. The number of hydrogen-bond donors (Lipinski definition) is 0. The van der Waals surface area contributed by atoms with Crippen LogP contribution in [0.3, 0.4) is 0 Å². The fraction of sp³-hybridized carbons (Fsp3) is 0.440. The lowest BCUT2D eigenvalue weighted by Gasteiger charge is -2.32. The minimum atomic E-state index is -3.54. The summed E-state index contributed by atoms with van der Waals surface area (Å²) in [5.74, 6) is 0.308. The number of aromatic nitrogens is 1. The molecule has 1 aliphatic rings. The molecule has 1 saturated heterocycles. The quantitative estimate of drug-likeness (QED) is 0.454. The number of halogens is 1. The first-order valence-corrected chi connectivity index (χ1v) is 14.5. The average molecular weight is 520 g/mol. The Hall–Kier alpha value is -2.16. The highest BCUT2D eigenvalue weighted by molar-refractivity contribution is 7.91. The Morgan fingerprint density at radius 3 is 2.59 bits per heavy atom. The number of amides is 1. The molecule has 0 radical (unpaired) electrons. The number of piperidine rings is 1. The minimum Gasteiger partial charge on any atom is -0.343 e. The van der Waals surface area contributed by atoms with Gasteiger partial charge < -0.3 is 9.47 Å². The lowest BCUT2D eigenvalue weighted by molar-refractivity contribution is -0.132. The summed E-state index contributed by atoms with van der Waals surface area (Å²) >= 11 is 7.67. The molecule has 0 saturated carbocycles. The summed E-state index contributed by atoms with van der Waals surface area (Å²) in [5, 5.41) is 4.44. The predicted octanol–water partition coefficient (Wildman–Crippen LogP) is 4.69. The molecule has 0 spiro atoms. The Bertz CT molecular complexity index is 1350. The van der Waals surface area contributed by atoms with Crippen LogP contribution in [0.25, 0.3) is 10.8 Å². The van der Waals surface area contributed by atoms with Crippen molar-refractivity contribution in [1.82, 2.24) is 9.47 Å². The van der Waals surface area contributed by atoms with Crippen LogP contribution in [0.1, 0.15) is 31.4 Å². The third kappa shape index (κ3) is 5.73. The first kappa shape index (κ1) is 24.9. The summed E-state index contributed by atoms with van der Waals surface area (Å²) < 4.78 is 28.0. The van der Waals surface area contributed by atoms with E-state index in [1.54, 1.807) is 41.7 Å². The average Bonchev–Trinajstić information content (AvgIpc) is 3.20. The third-order valence-corrected chi connectivity index (χ3v) is 9.65. The van der Waals surface area contributed by atoms with Crippen molar-refractivity contribution in [1.29, 1.82) is 0 Å². The SMILES string of the molecule is C/N=c1\scc(C)n1CCC1CCN(C(=O)CCS(=O)(=O)c2ccc3cc(Cl)ccc3c2)CC1. The number of fused-ring (bicyclic) bond motifs is 1. The van der Waals surface area contributed by atoms with Gasteiger partial charge in [0.05, 0.1) is 10.6 Å². The zero-order chi connectivity index (χ0) is 24.3. The Morgan fingerprint density at radius 1 is 1.15 bits per heavy atom. The summed E-state index contributed by atoms with van der Waals surface area (Å²) in [6.45, 7) is 4.43. The fourth-order valence-corrected chi connectivity index (χ4v) is 6.84. The second-order valence-corrected chi connectivity index (χ2v) is 12.3. The summed E-state index contributed by atoms with van der Waals surface area (Å²) in [4.78, 5) is 20.2. The molecule has 2 aromatic carbocycles. The number of benzene rings is 2. The van der Waals surface area contributed by atoms with E-state index in [1.165, 1.54) is 5.69 Å². The lowest BCUT2D eigenvalue weighted by Crippen LogP contribution is -2.39. The fourth-order valence-electron chi connectivity index (χ4n) is 4.53. The van der Waals surface area contributed by atoms with E-state index in [9.17, 15) is 13.2 Å². The van der Waals surface area contributed by atoms with Gasteiger partial charge in [-0.15, -0.1) is 11.3 Å². The molecule has 0 N–H and O–H groups in total. The zero-order valence-electron chi connectivity index (χ0n) is 19.5. The smallest absolute Gasteiger partial charge is 0.223 e. The van der Waals surface area contributed by atoms with Crippen LogP contribution in [-0.4, -0.2) is 49.7 Å². The highest BCUT2D eigenvalue weighted by atomic mass is 35.5. The maximum absolute atomic E-state index is 12.9. The molecule has 4 rings (SSSR count). The van der Waals surface area contributed by atoms with Gasteiger partial charge in [-0.3, -0.25) is 9.79 Å². The van der Waals surface area contributed by atoms with Gasteiger partial charge in [0.1, 0.15) is 0 Å². The molecular weight excluding hydrogens is 490 g/mol. The lowest BCUT2D eigenvalue weighted by atomic mass is 9.93. The number of rotatable bonds is 7. The van der Waals surface area contributed by atoms with Crippen LogP contribution < -0.4 is 4.80 Å². The van der Waals surface area contributed by atoms with Gasteiger partial charge in [0, 0.05) is 49.2 Å². The van der Waals surface area contributed by atoms with Gasteiger partial charge in [-0.1, -0.05) is 23.7 Å². The molecule has 0 atom stereocenters. The Balaban J connectivity index is 1.28. The normalized spacial score (nSPS) is 15.9. The summed E-state index contributed by atoms with van der Waals surface area (Å²) in [6.07, 6.45) is 2.98. The van der Waals surface area contributed by atoms with Gasteiger partial charge in [0.25, 0.3) is 0 Å². The van der Waals surface area contributed by atoms with Crippen LogP contribution in [0, 0.1) is 12.8 Å². The molecule has 6 nitrogen and oxygen atoms in total. The first-order chi connectivity index (χ1) is 16.3. The number of carbonyl (C=O) groups is 1. The zero-order valence-corrected chi connectivity index (χ0v) is 21.9. The van der Waals surface area contributed by atoms with Gasteiger partial charge in [0.15, 0.2) is 14.6 Å². The van der Waals surface area contributed by atoms with Crippen molar-refractivity contribution >= 4 is 49.5 Å². The Labute approximate surface area is 209 Å². The minimum absolute atomic E-state index is 0.0109. The second-order valence-electron chi connectivity index (χ2n) is 8.87. The van der Waals surface area contributed by atoms with E-state index >= 15 is 0 Å². The van der Waals surface area contributed by atoms with Crippen molar-refractivity contribution in [2.45, 2.75) is 44.0 Å². The standard InChI is InChI=1S/C25H30ClN3O3S2/c1-18-17-33-25(27-2)29(18)13-9-19-7-11-28(12-8-19)24(30)10-14-34(31,32)23-6-4-20-15-22(26)5-3-21(20)16-23/h3-6,15-17,19H,7-14H2,1-2H3/b27-25-. The van der Waals surface area contributed by atoms with Gasteiger partial charge >= 0.3 is 0 Å². The van der Waals surface area contributed by atoms with E-state index in [2.05, 4.69) is 21.9 Å². The van der Waals surface area contributed by atoms with Gasteiger partial charge in [-0.2, -0.15) is 0 Å². The number of aryl methyl sites for hydroxylation is 1. The van der Waals surface area contributed by atoms with E-state index < -0.39 is 9.84 Å². The van der Waals surface area contributed by atoms with Crippen LogP contribution in [0.15, 0.2) is 51.7 Å². The molecule has 2 heterocycles. The molecule has 0 unspecified atom stereocenters. The number of likely N-dealkylation sites (tertiary alicyclic amines) is 1. The monoisotopic (exact) mass is 519 g/mol. The Morgan fingerprint density at radius 2 is 1.85 bits per heavy atom. The van der Waals surface area contributed by atoms with Crippen molar-refractivity contribution in [3.05, 3.63) is 57.3 Å². The van der Waals surface area contributed by atoms with Crippen LogP contribution in [0.2, 0.25) is 5.02 Å². The van der Waals surface area contributed by atoms with E-state index in [0.717, 1.165) is 41.4 Å². The summed E-state index contributed by atoms with van der Waals surface area (Å²) in [5.41, 5.74) is 1.23. The van der Waals surface area contributed by atoms with E-state index in [1.807, 2.05) is 18.0 Å². The molecule has 1 fully saturated rings. The maximum Gasteiger partial charge on any atom is 0.223 e. The molecule has 0 bridgehead atoms. The topological polar surface area (TPSA) is 71.7 Å². The van der Waals surface area contributed by atoms with Crippen LogP contribution in [0.5, 0.6) is 0 Å². The Kier molecular flexibility index (Phi) is 7.80. The van der Waals surface area contributed by atoms with E-state index in [-0.39, 0.29) is 23.0 Å². The largest absolute Gasteiger partial charge is 0.343 e. The number of nitrogens with zero attached hydrogens (tertiary/aromatic N) is 3. The van der Waals surface area contributed by atoms with Gasteiger partial charge in [0.2, 0.25) is 5.91 Å². The highest BCUT2D eigenvalue weighted by Crippen LogP contribution is 2.25. The molecular formula is C25H30ClN3O3S2. The van der Waals surface area contributed by atoms with Crippen LogP contribution in [0.4, 0.5) is 0 Å². The molecule has 9 heteroatoms. The van der Waals surface area contributed by atoms with E-state index in [4.69, 9.17) is 11.6 Å². The third-order valence-electron chi connectivity index (χ3n) is 6.63.